The zero-order valence-corrected chi connectivity index (χ0v) is 17.4. The summed E-state index contributed by atoms with van der Waals surface area (Å²) in [5, 5.41) is 11.5. The van der Waals surface area contributed by atoms with Crippen molar-refractivity contribution in [2.45, 2.75) is 33.6 Å². The van der Waals surface area contributed by atoms with Crippen molar-refractivity contribution in [2.24, 2.45) is 0 Å². The Morgan fingerprint density at radius 1 is 1.14 bits per heavy atom. The second kappa shape index (κ2) is 8.19. The van der Waals surface area contributed by atoms with Gasteiger partial charge >= 0.3 is 5.97 Å². The van der Waals surface area contributed by atoms with Crippen LogP contribution in [0.3, 0.4) is 0 Å². The average Bonchev–Trinajstić information content (AvgIpc) is 2.68. The number of aromatic nitrogens is 1. The number of benzene rings is 2. The molecule has 0 bridgehead atoms. The van der Waals surface area contributed by atoms with Crippen LogP contribution in [0.5, 0.6) is 0 Å². The number of carbonyl (C=O) groups is 1. The molecule has 0 fully saturated rings. The molecule has 3 rings (SSSR count). The van der Waals surface area contributed by atoms with Crippen LogP contribution in [0.25, 0.3) is 22.0 Å². The van der Waals surface area contributed by atoms with Gasteiger partial charge in [0.1, 0.15) is 11.4 Å². The zero-order chi connectivity index (χ0) is 20.4. The molecule has 2 aromatic carbocycles. The molecule has 3 aromatic rings. The molecule has 0 aliphatic heterocycles. The Balaban J connectivity index is 2.47. The smallest absolute Gasteiger partial charge is 0.340 e. The number of pyridine rings is 1. The molecule has 5 heteroatoms. The molecule has 0 aliphatic rings. The van der Waals surface area contributed by atoms with Crippen molar-refractivity contribution in [1.29, 1.82) is 0 Å². The first-order valence-electron chi connectivity index (χ1n) is 9.59. The Labute approximate surface area is 170 Å². The molecular weight excluding hydrogens is 372 g/mol. The lowest BCUT2D eigenvalue weighted by Crippen LogP contribution is -2.26. The van der Waals surface area contributed by atoms with Gasteiger partial charge in [0.25, 0.3) is 0 Å². The summed E-state index contributed by atoms with van der Waals surface area (Å²) in [4.78, 5) is 19.1. The van der Waals surface area contributed by atoms with Crippen molar-refractivity contribution in [1.82, 2.24) is 4.98 Å². The number of aromatic carboxylic acids is 1. The summed E-state index contributed by atoms with van der Waals surface area (Å²) in [5.41, 5.74) is 3.65. The molecule has 1 aromatic heterocycles. The predicted octanol–water partition coefficient (Wildman–Crippen LogP) is 6.22. The van der Waals surface area contributed by atoms with Crippen LogP contribution >= 0.6 is 11.6 Å². The van der Waals surface area contributed by atoms with E-state index in [-0.39, 0.29) is 5.56 Å². The van der Waals surface area contributed by atoms with Gasteiger partial charge in [-0.1, -0.05) is 49.7 Å². The van der Waals surface area contributed by atoms with Crippen molar-refractivity contribution in [3.05, 3.63) is 58.6 Å². The fourth-order valence-electron chi connectivity index (χ4n) is 3.53. The van der Waals surface area contributed by atoms with E-state index < -0.39 is 5.97 Å². The summed E-state index contributed by atoms with van der Waals surface area (Å²) in [5.74, 6) is -0.148. The first-order valence-corrected chi connectivity index (χ1v) is 9.96. The molecule has 0 saturated carbocycles. The van der Waals surface area contributed by atoms with Gasteiger partial charge in [-0.2, -0.15) is 0 Å². The van der Waals surface area contributed by atoms with E-state index in [1.165, 1.54) is 0 Å². The summed E-state index contributed by atoms with van der Waals surface area (Å²) in [6.07, 6.45) is 0. The van der Waals surface area contributed by atoms with Crippen LogP contribution in [-0.2, 0) is 0 Å². The summed E-state index contributed by atoms with van der Waals surface area (Å²) in [7, 11) is 0. The van der Waals surface area contributed by atoms with Crippen LogP contribution in [0, 0.1) is 0 Å². The molecule has 0 unspecified atom stereocenters. The van der Waals surface area contributed by atoms with Crippen LogP contribution in [0.15, 0.2) is 42.5 Å². The highest BCUT2D eigenvalue weighted by molar-refractivity contribution is 6.31. The highest BCUT2D eigenvalue weighted by Crippen LogP contribution is 2.38. The number of nitrogens with zero attached hydrogens (tertiary/aromatic N) is 2. The summed E-state index contributed by atoms with van der Waals surface area (Å²) >= 11 is 6.26. The number of fused-ring (bicyclic) bond motifs is 1. The lowest BCUT2D eigenvalue weighted by Gasteiger charge is -2.24. The third-order valence-electron chi connectivity index (χ3n) is 5.05. The molecular formula is C23H25ClN2O2. The van der Waals surface area contributed by atoms with Gasteiger partial charge < -0.3 is 10.0 Å². The van der Waals surface area contributed by atoms with Gasteiger partial charge in [-0.15, -0.1) is 0 Å². The van der Waals surface area contributed by atoms with E-state index in [0.29, 0.717) is 35.4 Å². The van der Waals surface area contributed by atoms with Crippen LogP contribution in [0.1, 0.15) is 49.5 Å². The largest absolute Gasteiger partial charge is 0.478 e. The van der Waals surface area contributed by atoms with E-state index in [4.69, 9.17) is 16.6 Å². The van der Waals surface area contributed by atoms with Crippen LogP contribution in [-0.4, -0.2) is 29.1 Å². The zero-order valence-electron chi connectivity index (χ0n) is 16.7. The first kappa shape index (κ1) is 20.2. The van der Waals surface area contributed by atoms with Gasteiger partial charge in [0.05, 0.1) is 5.52 Å². The highest BCUT2D eigenvalue weighted by Gasteiger charge is 2.25. The molecule has 0 aliphatic carbocycles. The van der Waals surface area contributed by atoms with Gasteiger partial charge in [-0.3, -0.25) is 0 Å². The van der Waals surface area contributed by atoms with E-state index >= 15 is 0 Å². The Morgan fingerprint density at radius 3 is 2.46 bits per heavy atom. The molecule has 146 valence electrons. The number of hydrogen-bond donors (Lipinski definition) is 1. The topological polar surface area (TPSA) is 53.4 Å². The molecule has 28 heavy (non-hydrogen) atoms. The van der Waals surface area contributed by atoms with Crippen LogP contribution in [0.4, 0.5) is 5.82 Å². The number of anilines is 1. The lowest BCUT2D eigenvalue weighted by atomic mass is 9.92. The second-order valence-corrected chi connectivity index (χ2v) is 7.54. The molecule has 0 saturated heterocycles. The molecule has 0 amide bonds. The molecule has 1 heterocycles. The SMILES string of the molecule is CCN(CC)c1nc2ccc(Cl)cc2c(-c2cccc(C(C)C)c2)c1C(=O)O. The maximum Gasteiger partial charge on any atom is 0.340 e. The fourth-order valence-corrected chi connectivity index (χ4v) is 3.70. The van der Waals surface area contributed by atoms with E-state index in [0.717, 1.165) is 22.0 Å². The van der Waals surface area contributed by atoms with E-state index in [1.807, 2.05) is 36.9 Å². The minimum atomic E-state index is -0.985. The molecule has 4 nitrogen and oxygen atoms in total. The molecule has 1 N–H and O–H groups in total. The molecule has 0 atom stereocenters. The van der Waals surface area contributed by atoms with Crippen LogP contribution in [0.2, 0.25) is 5.02 Å². The van der Waals surface area contributed by atoms with Crippen molar-refractivity contribution >= 4 is 34.3 Å². The van der Waals surface area contributed by atoms with E-state index in [2.05, 4.69) is 26.0 Å². The average molecular weight is 397 g/mol. The quantitative estimate of drug-likeness (QED) is 0.537. The maximum atomic E-state index is 12.4. The fraction of sp³-hybridized carbons (Fsp3) is 0.304. The summed E-state index contributed by atoms with van der Waals surface area (Å²) in [6.45, 7) is 9.60. The number of rotatable bonds is 6. The Bertz CT molecular complexity index is 1030. The van der Waals surface area contributed by atoms with Gasteiger partial charge in [-0.25, -0.2) is 9.78 Å². The standard InChI is InChI=1S/C23H25ClN2O2/c1-5-26(6-2)22-21(23(27)28)20(16-9-7-8-15(12-16)14(3)4)18-13-17(24)10-11-19(18)25-22/h7-14H,5-6H2,1-4H3,(H,27,28). The van der Waals surface area contributed by atoms with Crippen LogP contribution < -0.4 is 4.90 Å². The van der Waals surface area contributed by atoms with Crippen molar-refractivity contribution in [3.63, 3.8) is 0 Å². The molecule has 0 radical (unpaired) electrons. The monoisotopic (exact) mass is 396 g/mol. The normalized spacial score (nSPS) is 11.2. The summed E-state index contributed by atoms with van der Waals surface area (Å²) < 4.78 is 0. The first-order chi connectivity index (χ1) is 13.4. The van der Waals surface area contributed by atoms with Crippen molar-refractivity contribution in [2.75, 3.05) is 18.0 Å². The third-order valence-corrected chi connectivity index (χ3v) is 5.28. The lowest BCUT2D eigenvalue weighted by molar-refractivity contribution is 0.0698. The third kappa shape index (κ3) is 3.69. The van der Waals surface area contributed by atoms with E-state index in [1.54, 1.807) is 12.1 Å². The van der Waals surface area contributed by atoms with Gasteiger partial charge in [0, 0.05) is 29.1 Å². The van der Waals surface area contributed by atoms with Crippen molar-refractivity contribution in [3.8, 4) is 11.1 Å². The summed E-state index contributed by atoms with van der Waals surface area (Å²) in [6, 6.07) is 13.5. The predicted molar refractivity (Wildman–Crippen MR) is 117 cm³/mol. The number of carboxylic acids is 1. The second-order valence-electron chi connectivity index (χ2n) is 7.10. The number of carboxylic acid groups (broad SMARTS) is 1. The van der Waals surface area contributed by atoms with Gasteiger partial charge in [0.15, 0.2) is 0 Å². The van der Waals surface area contributed by atoms with Gasteiger partial charge in [-0.05, 0) is 49.1 Å². The van der Waals surface area contributed by atoms with Gasteiger partial charge in [0.2, 0.25) is 0 Å². The minimum absolute atomic E-state index is 0.222. The molecule has 0 spiro atoms. The Kier molecular flexibility index (Phi) is 5.90. The Hall–Kier alpha value is -2.59. The minimum Gasteiger partial charge on any atom is -0.478 e. The Morgan fingerprint density at radius 2 is 1.86 bits per heavy atom. The number of hydrogen-bond acceptors (Lipinski definition) is 3. The maximum absolute atomic E-state index is 12.4. The van der Waals surface area contributed by atoms with E-state index in [9.17, 15) is 9.90 Å². The highest BCUT2D eigenvalue weighted by atomic mass is 35.5. The number of halogens is 1. The van der Waals surface area contributed by atoms with Crippen molar-refractivity contribution < 1.29 is 9.90 Å².